The molecular formula is C10H18NO2+. The van der Waals surface area contributed by atoms with E-state index in [9.17, 15) is 4.79 Å². The maximum atomic E-state index is 11.3. The Kier molecular flexibility index (Phi) is 3.09. The van der Waals surface area contributed by atoms with E-state index in [2.05, 4.69) is 14.0 Å². The molecule has 1 aliphatic heterocycles. The number of hydrogen-bond donors (Lipinski definition) is 0. The summed E-state index contributed by atoms with van der Waals surface area (Å²) in [5, 5.41) is 0. The van der Waals surface area contributed by atoms with Crippen molar-refractivity contribution in [3.05, 3.63) is 11.6 Å². The lowest BCUT2D eigenvalue weighted by Gasteiger charge is -2.36. The maximum Gasteiger partial charge on any atom is 0.339 e. The summed E-state index contributed by atoms with van der Waals surface area (Å²) < 4.78 is 5.66. The molecule has 0 spiro atoms. The summed E-state index contributed by atoms with van der Waals surface area (Å²) in [5.74, 6) is -0.169. The van der Waals surface area contributed by atoms with Crippen LogP contribution in [0.3, 0.4) is 0 Å². The van der Waals surface area contributed by atoms with E-state index < -0.39 is 0 Å². The molecule has 1 unspecified atom stereocenters. The molecule has 0 aromatic rings. The number of carbonyl (C=O) groups is 1. The van der Waals surface area contributed by atoms with E-state index in [-0.39, 0.29) is 5.97 Å². The first kappa shape index (κ1) is 10.3. The summed E-state index contributed by atoms with van der Waals surface area (Å²) in [5.41, 5.74) is 0.832. The third kappa shape index (κ3) is 2.31. The highest BCUT2D eigenvalue weighted by atomic mass is 16.5. The summed E-state index contributed by atoms with van der Waals surface area (Å²) in [6, 6.07) is 0. The minimum absolute atomic E-state index is 0.169. The molecule has 3 heteroatoms. The zero-order valence-corrected chi connectivity index (χ0v) is 8.67. The standard InChI is InChI=1S/C10H18NO2/c1-4-11(2)7-5-6-9(8-11)10(12)13-3/h6H,4-5,7-8H2,1-3H3/q+1. The number of rotatable bonds is 2. The number of quaternary nitrogens is 1. The number of methoxy groups -OCH3 is 1. The van der Waals surface area contributed by atoms with Crippen molar-refractivity contribution in [1.29, 1.82) is 0 Å². The molecule has 1 heterocycles. The van der Waals surface area contributed by atoms with Gasteiger partial charge in [0.1, 0.15) is 6.54 Å². The van der Waals surface area contributed by atoms with Crippen LogP contribution in [0.2, 0.25) is 0 Å². The minimum Gasteiger partial charge on any atom is -0.465 e. The minimum atomic E-state index is -0.169. The van der Waals surface area contributed by atoms with Gasteiger partial charge in [-0.1, -0.05) is 6.08 Å². The molecule has 0 aromatic carbocycles. The second kappa shape index (κ2) is 3.92. The third-order valence-electron chi connectivity index (χ3n) is 2.82. The Balaban J connectivity index is 2.69. The van der Waals surface area contributed by atoms with Crippen molar-refractivity contribution in [3.8, 4) is 0 Å². The molecule has 1 rings (SSSR count). The molecule has 0 bridgehead atoms. The van der Waals surface area contributed by atoms with E-state index in [0.717, 1.165) is 36.1 Å². The molecule has 0 saturated heterocycles. The summed E-state index contributed by atoms with van der Waals surface area (Å²) in [6.45, 7) is 5.15. The normalized spacial score (nSPS) is 28.1. The summed E-state index contributed by atoms with van der Waals surface area (Å²) in [6.07, 6.45) is 2.98. The Bertz CT molecular complexity index is 235. The van der Waals surface area contributed by atoms with Crippen LogP contribution >= 0.6 is 0 Å². The van der Waals surface area contributed by atoms with E-state index in [1.807, 2.05) is 6.08 Å². The molecule has 1 atom stereocenters. The van der Waals surface area contributed by atoms with Gasteiger partial charge in [0.25, 0.3) is 0 Å². The van der Waals surface area contributed by atoms with Crippen molar-refractivity contribution >= 4 is 5.97 Å². The predicted octanol–water partition coefficient (Wildman–Crippen LogP) is 0.956. The number of ether oxygens (including phenoxy) is 1. The molecule has 13 heavy (non-hydrogen) atoms. The topological polar surface area (TPSA) is 26.3 Å². The molecule has 74 valence electrons. The van der Waals surface area contributed by atoms with Gasteiger partial charge in [-0.15, -0.1) is 0 Å². The average molecular weight is 184 g/mol. The third-order valence-corrected chi connectivity index (χ3v) is 2.82. The van der Waals surface area contributed by atoms with Crippen molar-refractivity contribution in [2.45, 2.75) is 13.3 Å². The van der Waals surface area contributed by atoms with Crippen LogP contribution in [-0.2, 0) is 9.53 Å². The average Bonchev–Trinajstić information content (AvgIpc) is 2.17. The van der Waals surface area contributed by atoms with Gasteiger partial charge in [-0.3, -0.25) is 0 Å². The Morgan fingerprint density at radius 1 is 1.69 bits per heavy atom. The quantitative estimate of drug-likeness (QED) is 0.472. The molecule has 0 aromatic heterocycles. The fourth-order valence-electron chi connectivity index (χ4n) is 1.65. The molecule has 0 radical (unpaired) electrons. The second-order valence-electron chi connectivity index (χ2n) is 3.83. The molecule has 0 aliphatic carbocycles. The number of likely N-dealkylation sites (N-methyl/N-ethyl adjacent to an activating group) is 1. The largest absolute Gasteiger partial charge is 0.465 e. The monoisotopic (exact) mass is 184 g/mol. The first-order valence-electron chi connectivity index (χ1n) is 4.72. The van der Waals surface area contributed by atoms with E-state index in [0.29, 0.717) is 0 Å². The Hall–Kier alpha value is -0.830. The van der Waals surface area contributed by atoms with E-state index in [4.69, 9.17) is 4.74 Å². The lowest BCUT2D eigenvalue weighted by molar-refractivity contribution is -0.904. The lowest BCUT2D eigenvalue weighted by atomic mass is 10.1. The number of esters is 1. The van der Waals surface area contributed by atoms with Crippen LogP contribution in [0, 0.1) is 0 Å². The van der Waals surface area contributed by atoms with Crippen molar-refractivity contribution in [2.75, 3.05) is 33.8 Å². The van der Waals surface area contributed by atoms with Gasteiger partial charge in [-0.2, -0.15) is 0 Å². The zero-order valence-electron chi connectivity index (χ0n) is 8.67. The number of nitrogens with zero attached hydrogens (tertiary/aromatic N) is 1. The molecular weight excluding hydrogens is 166 g/mol. The number of hydrogen-bond acceptors (Lipinski definition) is 2. The van der Waals surface area contributed by atoms with Gasteiger partial charge in [0, 0.05) is 6.42 Å². The lowest BCUT2D eigenvalue weighted by Crippen LogP contribution is -2.48. The van der Waals surface area contributed by atoms with Gasteiger partial charge in [-0.25, -0.2) is 4.79 Å². The maximum absolute atomic E-state index is 11.3. The SMILES string of the molecule is CC[N+]1(C)CCC=C(C(=O)OC)C1. The molecule has 0 fully saturated rings. The summed E-state index contributed by atoms with van der Waals surface area (Å²) in [4.78, 5) is 11.3. The summed E-state index contributed by atoms with van der Waals surface area (Å²) in [7, 11) is 3.62. The second-order valence-corrected chi connectivity index (χ2v) is 3.83. The first-order valence-corrected chi connectivity index (χ1v) is 4.72. The van der Waals surface area contributed by atoms with Crippen molar-refractivity contribution in [2.24, 2.45) is 0 Å². The van der Waals surface area contributed by atoms with Crippen molar-refractivity contribution in [1.82, 2.24) is 0 Å². The number of carbonyl (C=O) groups excluding carboxylic acids is 1. The first-order chi connectivity index (χ1) is 6.11. The highest BCUT2D eigenvalue weighted by Gasteiger charge is 2.27. The highest BCUT2D eigenvalue weighted by Crippen LogP contribution is 2.16. The fourth-order valence-corrected chi connectivity index (χ4v) is 1.65. The van der Waals surface area contributed by atoms with Crippen LogP contribution in [0.1, 0.15) is 13.3 Å². The Morgan fingerprint density at radius 3 is 2.92 bits per heavy atom. The van der Waals surface area contributed by atoms with Gasteiger partial charge in [0.15, 0.2) is 0 Å². The molecule has 0 N–H and O–H groups in total. The highest BCUT2D eigenvalue weighted by molar-refractivity contribution is 5.88. The molecule has 3 nitrogen and oxygen atoms in total. The summed E-state index contributed by atoms with van der Waals surface area (Å²) >= 11 is 0. The van der Waals surface area contributed by atoms with Crippen LogP contribution in [0.15, 0.2) is 11.6 Å². The Morgan fingerprint density at radius 2 is 2.38 bits per heavy atom. The molecule has 0 amide bonds. The zero-order chi connectivity index (χ0) is 9.90. The van der Waals surface area contributed by atoms with Gasteiger partial charge < -0.3 is 9.22 Å². The van der Waals surface area contributed by atoms with Crippen LogP contribution in [0.25, 0.3) is 0 Å². The van der Waals surface area contributed by atoms with Crippen LogP contribution in [-0.4, -0.2) is 44.2 Å². The van der Waals surface area contributed by atoms with Gasteiger partial charge in [0.2, 0.25) is 0 Å². The predicted molar refractivity (Wildman–Crippen MR) is 51.2 cm³/mol. The van der Waals surface area contributed by atoms with E-state index in [1.165, 1.54) is 7.11 Å². The smallest absolute Gasteiger partial charge is 0.339 e. The van der Waals surface area contributed by atoms with E-state index >= 15 is 0 Å². The fraction of sp³-hybridized carbons (Fsp3) is 0.700. The van der Waals surface area contributed by atoms with Gasteiger partial charge >= 0.3 is 5.97 Å². The molecule has 0 saturated carbocycles. The van der Waals surface area contributed by atoms with Crippen LogP contribution < -0.4 is 0 Å². The van der Waals surface area contributed by atoms with Gasteiger partial charge in [-0.05, 0) is 6.92 Å². The van der Waals surface area contributed by atoms with Crippen molar-refractivity contribution < 1.29 is 14.0 Å². The van der Waals surface area contributed by atoms with Gasteiger partial charge in [0.05, 0.1) is 32.8 Å². The van der Waals surface area contributed by atoms with Crippen molar-refractivity contribution in [3.63, 3.8) is 0 Å². The van der Waals surface area contributed by atoms with E-state index in [1.54, 1.807) is 0 Å². The van der Waals surface area contributed by atoms with Crippen LogP contribution in [0.5, 0.6) is 0 Å². The molecule has 1 aliphatic rings. The Labute approximate surface area is 79.6 Å². The van der Waals surface area contributed by atoms with Crippen LogP contribution in [0.4, 0.5) is 0 Å².